The minimum atomic E-state index is 0.790. The second kappa shape index (κ2) is 6.27. The van der Waals surface area contributed by atoms with Gasteiger partial charge in [0.05, 0.1) is 6.54 Å². The molecule has 0 amide bonds. The fourth-order valence-electron chi connectivity index (χ4n) is 3.68. The predicted molar refractivity (Wildman–Crippen MR) is 81.6 cm³/mol. The lowest BCUT2D eigenvalue weighted by Gasteiger charge is -2.49. The van der Waals surface area contributed by atoms with E-state index in [1.807, 2.05) is 6.20 Å². The molecule has 1 aromatic rings. The molecule has 4 nitrogen and oxygen atoms in total. The Bertz CT molecular complexity index is 422. The number of nitrogens with zero attached hydrogens (tertiary/aromatic N) is 4. The summed E-state index contributed by atoms with van der Waals surface area (Å²) in [7, 11) is 0. The Labute approximate surface area is 122 Å². The Morgan fingerprint density at radius 1 is 1.30 bits per heavy atom. The van der Waals surface area contributed by atoms with Gasteiger partial charge in [0.2, 0.25) is 0 Å². The number of aryl methyl sites for hydroxylation is 1. The van der Waals surface area contributed by atoms with Crippen molar-refractivity contribution in [2.45, 2.75) is 64.7 Å². The highest BCUT2D eigenvalue weighted by atomic mass is 15.3. The van der Waals surface area contributed by atoms with E-state index in [1.165, 1.54) is 51.1 Å². The molecule has 112 valence electrons. The molecule has 2 saturated heterocycles. The summed E-state index contributed by atoms with van der Waals surface area (Å²) in [5.41, 5.74) is 0. The Morgan fingerprint density at radius 2 is 2.15 bits per heavy atom. The molecule has 3 rings (SSSR count). The zero-order chi connectivity index (χ0) is 13.9. The smallest absolute Gasteiger partial charge is 0.122 e. The van der Waals surface area contributed by atoms with Crippen LogP contribution >= 0.6 is 0 Å². The number of hydrogen-bond donors (Lipinski definition) is 0. The lowest BCUT2D eigenvalue weighted by atomic mass is 9.97. The monoisotopic (exact) mass is 276 g/mol. The van der Waals surface area contributed by atoms with Gasteiger partial charge in [-0.15, -0.1) is 0 Å². The molecule has 3 heterocycles. The van der Waals surface area contributed by atoms with Crippen LogP contribution in [-0.4, -0.2) is 51.1 Å². The molecule has 0 radical (unpaired) electrons. The number of rotatable bonds is 5. The van der Waals surface area contributed by atoms with E-state index < -0.39 is 0 Å². The van der Waals surface area contributed by atoms with Crippen LogP contribution in [0.1, 0.15) is 45.4 Å². The van der Waals surface area contributed by atoms with Crippen LogP contribution in [0.2, 0.25) is 0 Å². The predicted octanol–water partition coefficient (Wildman–Crippen LogP) is 2.35. The van der Waals surface area contributed by atoms with Gasteiger partial charge < -0.3 is 4.57 Å². The standard InChI is InChI=1S/C16H28N4/c1-3-8-19-10-7-17-16(19)13-18-11-15(12-18)20-9-5-4-6-14(20)2/h7,10,14-15H,3-6,8-9,11-13H2,1-2H3/t14-/m0/s1. The third kappa shape index (κ3) is 2.91. The van der Waals surface area contributed by atoms with Gasteiger partial charge in [0, 0.05) is 44.1 Å². The van der Waals surface area contributed by atoms with E-state index in [1.54, 1.807) is 0 Å². The van der Waals surface area contributed by atoms with Crippen LogP contribution in [0.4, 0.5) is 0 Å². The molecule has 2 fully saturated rings. The van der Waals surface area contributed by atoms with E-state index in [0.717, 1.165) is 25.2 Å². The number of likely N-dealkylation sites (tertiary alicyclic amines) is 2. The number of hydrogen-bond acceptors (Lipinski definition) is 3. The summed E-state index contributed by atoms with van der Waals surface area (Å²) < 4.78 is 2.30. The number of aromatic nitrogens is 2. The molecule has 0 aromatic carbocycles. The van der Waals surface area contributed by atoms with Gasteiger partial charge in [-0.2, -0.15) is 0 Å². The van der Waals surface area contributed by atoms with Crippen LogP contribution in [0.25, 0.3) is 0 Å². The first kappa shape index (κ1) is 14.1. The average molecular weight is 276 g/mol. The van der Waals surface area contributed by atoms with E-state index in [2.05, 4.69) is 39.4 Å². The Hall–Kier alpha value is -0.870. The van der Waals surface area contributed by atoms with E-state index in [4.69, 9.17) is 0 Å². The molecule has 0 unspecified atom stereocenters. The van der Waals surface area contributed by atoms with Crippen LogP contribution in [0.5, 0.6) is 0 Å². The lowest BCUT2D eigenvalue weighted by Crippen LogP contribution is -2.61. The van der Waals surface area contributed by atoms with Crippen molar-refractivity contribution in [2.75, 3.05) is 19.6 Å². The van der Waals surface area contributed by atoms with Crippen molar-refractivity contribution in [1.82, 2.24) is 19.4 Å². The topological polar surface area (TPSA) is 24.3 Å². The van der Waals surface area contributed by atoms with Gasteiger partial charge >= 0.3 is 0 Å². The molecule has 2 aliphatic heterocycles. The molecular formula is C16H28N4. The molecule has 1 aromatic heterocycles. The van der Waals surface area contributed by atoms with Crippen molar-refractivity contribution in [3.05, 3.63) is 18.2 Å². The molecule has 0 N–H and O–H groups in total. The second-order valence-electron chi connectivity index (χ2n) is 6.47. The summed E-state index contributed by atoms with van der Waals surface area (Å²) >= 11 is 0. The maximum absolute atomic E-state index is 4.52. The lowest BCUT2D eigenvalue weighted by molar-refractivity contribution is -0.00777. The fourth-order valence-corrected chi connectivity index (χ4v) is 3.68. The van der Waals surface area contributed by atoms with Crippen LogP contribution in [0.15, 0.2) is 12.4 Å². The van der Waals surface area contributed by atoms with Gasteiger partial charge in [-0.3, -0.25) is 9.80 Å². The first-order valence-corrected chi connectivity index (χ1v) is 8.26. The molecule has 0 bridgehead atoms. The molecular weight excluding hydrogens is 248 g/mol. The number of imidazole rings is 1. The molecule has 20 heavy (non-hydrogen) atoms. The zero-order valence-electron chi connectivity index (χ0n) is 13.0. The van der Waals surface area contributed by atoms with E-state index in [-0.39, 0.29) is 0 Å². The molecule has 4 heteroatoms. The summed E-state index contributed by atoms with van der Waals surface area (Å²) in [5, 5.41) is 0. The largest absolute Gasteiger partial charge is 0.334 e. The Balaban J connectivity index is 1.49. The van der Waals surface area contributed by atoms with Crippen molar-refractivity contribution in [1.29, 1.82) is 0 Å². The van der Waals surface area contributed by atoms with Crippen LogP contribution in [0.3, 0.4) is 0 Å². The normalized spacial score (nSPS) is 25.8. The molecule has 0 aliphatic carbocycles. The van der Waals surface area contributed by atoms with Gasteiger partial charge in [-0.05, 0) is 32.7 Å². The maximum atomic E-state index is 4.52. The van der Waals surface area contributed by atoms with Gasteiger partial charge in [0.15, 0.2) is 0 Å². The molecule has 0 spiro atoms. The van der Waals surface area contributed by atoms with Crippen LogP contribution in [-0.2, 0) is 13.1 Å². The van der Waals surface area contributed by atoms with E-state index in [0.29, 0.717) is 0 Å². The highest BCUT2D eigenvalue weighted by molar-refractivity contribution is 4.97. The SMILES string of the molecule is CCCn1ccnc1CN1CC(N2CCCC[C@@H]2C)C1. The Kier molecular flexibility index (Phi) is 4.41. The zero-order valence-corrected chi connectivity index (χ0v) is 13.0. The first-order chi connectivity index (χ1) is 9.78. The quantitative estimate of drug-likeness (QED) is 0.825. The summed E-state index contributed by atoms with van der Waals surface area (Å²) in [6, 6.07) is 1.58. The Morgan fingerprint density at radius 3 is 2.90 bits per heavy atom. The van der Waals surface area contributed by atoms with Gasteiger partial charge in [-0.1, -0.05) is 13.3 Å². The minimum Gasteiger partial charge on any atom is -0.334 e. The van der Waals surface area contributed by atoms with E-state index in [9.17, 15) is 0 Å². The van der Waals surface area contributed by atoms with Crippen molar-refractivity contribution in [3.8, 4) is 0 Å². The summed E-state index contributed by atoms with van der Waals surface area (Å²) in [5.74, 6) is 1.23. The summed E-state index contributed by atoms with van der Waals surface area (Å²) in [4.78, 5) is 9.79. The fraction of sp³-hybridized carbons (Fsp3) is 0.812. The maximum Gasteiger partial charge on any atom is 0.122 e. The average Bonchev–Trinajstić information content (AvgIpc) is 2.82. The first-order valence-electron chi connectivity index (χ1n) is 8.26. The van der Waals surface area contributed by atoms with Crippen LogP contribution in [0, 0.1) is 0 Å². The van der Waals surface area contributed by atoms with Crippen molar-refractivity contribution >= 4 is 0 Å². The highest BCUT2D eigenvalue weighted by Crippen LogP contribution is 2.25. The van der Waals surface area contributed by atoms with Crippen LogP contribution < -0.4 is 0 Å². The third-order valence-corrected chi connectivity index (χ3v) is 4.89. The third-order valence-electron chi connectivity index (χ3n) is 4.89. The molecule has 2 aliphatic rings. The van der Waals surface area contributed by atoms with Crippen molar-refractivity contribution in [3.63, 3.8) is 0 Å². The summed E-state index contributed by atoms with van der Waals surface area (Å²) in [6.45, 7) is 10.5. The minimum absolute atomic E-state index is 0.790. The van der Waals surface area contributed by atoms with E-state index >= 15 is 0 Å². The van der Waals surface area contributed by atoms with Gasteiger partial charge in [0.25, 0.3) is 0 Å². The second-order valence-corrected chi connectivity index (χ2v) is 6.47. The highest BCUT2D eigenvalue weighted by Gasteiger charge is 2.35. The van der Waals surface area contributed by atoms with Gasteiger partial charge in [0.1, 0.15) is 5.82 Å². The van der Waals surface area contributed by atoms with Gasteiger partial charge in [-0.25, -0.2) is 4.98 Å². The van der Waals surface area contributed by atoms with Crippen molar-refractivity contribution in [2.24, 2.45) is 0 Å². The summed E-state index contributed by atoms with van der Waals surface area (Å²) in [6.07, 6.45) is 9.43. The van der Waals surface area contributed by atoms with Crippen molar-refractivity contribution < 1.29 is 0 Å². The molecule has 1 atom stereocenters. The molecule has 0 saturated carbocycles. The number of piperidine rings is 1.